The molecule has 0 bridgehead atoms. The van der Waals surface area contributed by atoms with Crippen LogP contribution in [0.25, 0.3) is 0 Å². The van der Waals surface area contributed by atoms with Gasteiger partial charge in [0.1, 0.15) is 0 Å². The van der Waals surface area contributed by atoms with E-state index in [2.05, 4.69) is 0 Å². The van der Waals surface area contributed by atoms with Crippen LogP contribution in [0.15, 0.2) is 60.7 Å². The fourth-order valence-corrected chi connectivity index (χ4v) is 0.642. The van der Waals surface area contributed by atoms with E-state index in [4.69, 9.17) is 0 Å². The summed E-state index contributed by atoms with van der Waals surface area (Å²) >= 11 is 0. The van der Waals surface area contributed by atoms with E-state index in [0.29, 0.717) is 0 Å². The van der Waals surface area contributed by atoms with Crippen molar-refractivity contribution in [2.24, 2.45) is 0 Å². The van der Waals surface area contributed by atoms with E-state index in [1.807, 2.05) is 60.7 Å². The molecule has 0 N–H and O–H groups in total. The Morgan fingerprint density at radius 1 is 0.538 bits per heavy atom. The second-order valence-corrected chi connectivity index (χ2v) is 1.92. The number of hydrogen-bond acceptors (Lipinski definition) is 0. The van der Waals surface area contributed by atoms with Crippen LogP contribution in [-0.2, 0) is 21.1 Å². The van der Waals surface area contributed by atoms with Crippen LogP contribution < -0.4 is 24.8 Å². The number of hydrogen-bond donors (Lipinski definition) is 0. The van der Waals surface area contributed by atoms with Gasteiger partial charge in [0.25, 0.3) is 0 Å². The van der Waals surface area contributed by atoms with Gasteiger partial charge in [-0.15, -0.1) is 0 Å². The molecular formula is C10H10Cl2Mo. The van der Waals surface area contributed by atoms with Crippen molar-refractivity contribution in [3.8, 4) is 0 Å². The predicted octanol–water partition coefficient (Wildman–Crippen LogP) is -3.18. The molecule has 13 heavy (non-hydrogen) atoms. The van der Waals surface area contributed by atoms with Crippen LogP contribution in [0.4, 0.5) is 0 Å². The van der Waals surface area contributed by atoms with Crippen molar-refractivity contribution in [3.05, 3.63) is 60.7 Å². The molecule has 3 heteroatoms. The van der Waals surface area contributed by atoms with Gasteiger partial charge in [0.15, 0.2) is 0 Å². The summed E-state index contributed by atoms with van der Waals surface area (Å²) in [5, 5.41) is 0. The summed E-state index contributed by atoms with van der Waals surface area (Å²) in [6.07, 6.45) is 0. The zero-order valence-electron chi connectivity index (χ0n) is 6.94. The van der Waals surface area contributed by atoms with Gasteiger partial charge in [0.2, 0.25) is 0 Å². The van der Waals surface area contributed by atoms with Gasteiger partial charge in [0, 0.05) is 0 Å². The maximum atomic E-state index is 2.00. The Morgan fingerprint density at radius 3 is 0.846 bits per heavy atom. The van der Waals surface area contributed by atoms with E-state index in [1.165, 1.54) is 0 Å². The van der Waals surface area contributed by atoms with Crippen LogP contribution in [0.1, 0.15) is 0 Å². The molecule has 0 fully saturated rings. The minimum atomic E-state index is 0. The Hall–Kier alpha value is -0.0317. The van der Waals surface area contributed by atoms with E-state index < -0.39 is 0 Å². The summed E-state index contributed by atoms with van der Waals surface area (Å²) in [5.74, 6) is 0. The third-order valence-corrected chi connectivity index (χ3v) is 1.11. The van der Waals surface area contributed by atoms with Gasteiger partial charge < -0.3 is 24.8 Å². The molecule has 0 heterocycles. The first kappa shape index (κ1) is 18.7. The molecule has 0 atom stereocenters. The van der Waals surface area contributed by atoms with Gasteiger partial charge in [-0.2, -0.15) is 36.4 Å². The summed E-state index contributed by atoms with van der Waals surface area (Å²) in [7, 11) is 0. The van der Waals surface area contributed by atoms with E-state index in [0.717, 1.165) is 0 Å². The average molecular weight is 297 g/mol. The van der Waals surface area contributed by atoms with Crippen LogP contribution >= 0.6 is 0 Å². The Morgan fingerprint density at radius 2 is 0.769 bits per heavy atom. The normalized spacial score (nSPS) is 6.15. The first-order valence-electron chi connectivity index (χ1n) is 3.33. The smallest absolute Gasteiger partial charge is 1.00 e. The average Bonchev–Trinajstić information content (AvgIpc) is 2.67. The van der Waals surface area contributed by atoms with Crippen LogP contribution in [0, 0.1) is 0 Å². The first-order chi connectivity index (χ1) is 5.00. The van der Waals surface area contributed by atoms with E-state index in [-0.39, 0.29) is 45.9 Å². The zero-order chi connectivity index (χ0) is 7.07. The molecule has 0 radical (unpaired) electrons. The van der Waals surface area contributed by atoms with Crippen LogP contribution in [0.5, 0.6) is 0 Å². The number of halogens is 2. The molecule has 0 spiro atoms. The maximum absolute atomic E-state index is 2.00. The summed E-state index contributed by atoms with van der Waals surface area (Å²) in [5.41, 5.74) is 0. The third kappa shape index (κ3) is 12.0. The largest absolute Gasteiger partial charge is 4.00 e. The summed E-state index contributed by atoms with van der Waals surface area (Å²) in [6.45, 7) is 0. The quantitative estimate of drug-likeness (QED) is 0.355. The Bertz CT molecular complexity index is 152. The summed E-state index contributed by atoms with van der Waals surface area (Å²) in [4.78, 5) is 0. The zero-order valence-corrected chi connectivity index (χ0v) is 10.5. The summed E-state index contributed by atoms with van der Waals surface area (Å²) < 4.78 is 0. The van der Waals surface area contributed by atoms with Crippen LogP contribution in [-0.4, -0.2) is 0 Å². The summed E-state index contributed by atoms with van der Waals surface area (Å²) in [6, 6.07) is 20.0. The van der Waals surface area contributed by atoms with E-state index in [9.17, 15) is 0 Å². The van der Waals surface area contributed by atoms with Gasteiger partial charge in [0.05, 0.1) is 0 Å². The standard InChI is InChI=1S/2C5H5.2ClH.Mo/c2*1-2-4-5-3-1;;;/h2*1-5H;2*1H;/q2*-1;;;+4/p-2. The second kappa shape index (κ2) is 14.5. The minimum absolute atomic E-state index is 0. The molecule has 2 rings (SSSR count). The Kier molecular flexibility index (Phi) is 20.8. The molecule has 0 aliphatic carbocycles. The third-order valence-electron chi connectivity index (χ3n) is 1.11. The molecule has 0 saturated carbocycles. The molecule has 0 amide bonds. The molecular weight excluding hydrogens is 287 g/mol. The van der Waals surface area contributed by atoms with Gasteiger partial charge in [-0.05, 0) is 0 Å². The van der Waals surface area contributed by atoms with Crippen LogP contribution in [0.3, 0.4) is 0 Å². The van der Waals surface area contributed by atoms with E-state index in [1.54, 1.807) is 0 Å². The molecule has 2 aromatic carbocycles. The first-order valence-corrected chi connectivity index (χ1v) is 3.33. The fraction of sp³-hybridized carbons (Fsp3) is 0. The van der Waals surface area contributed by atoms with Crippen molar-refractivity contribution in [2.75, 3.05) is 0 Å². The molecule has 0 aliphatic heterocycles. The van der Waals surface area contributed by atoms with Crippen molar-refractivity contribution in [3.63, 3.8) is 0 Å². The molecule has 2 aromatic rings. The fourth-order valence-electron chi connectivity index (χ4n) is 0.642. The van der Waals surface area contributed by atoms with Crippen molar-refractivity contribution in [2.45, 2.75) is 0 Å². The minimum Gasteiger partial charge on any atom is -1.00 e. The second-order valence-electron chi connectivity index (χ2n) is 1.92. The van der Waals surface area contributed by atoms with E-state index >= 15 is 0 Å². The van der Waals surface area contributed by atoms with Crippen molar-refractivity contribution in [1.82, 2.24) is 0 Å². The van der Waals surface area contributed by atoms with Gasteiger partial charge >= 0.3 is 21.1 Å². The van der Waals surface area contributed by atoms with Crippen molar-refractivity contribution < 1.29 is 45.9 Å². The predicted molar refractivity (Wildman–Crippen MR) is 44.1 cm³/mol. The molecule has 0 aromatic heterocycles. The number of rotatable bonds is 0. The monoisotopic (exact) mass is 298 g/mol. The molecule has 0 unspecified atom stereocenters. The van der Waals surface area contributed by atoms with Gasteiger partial charge in [-0.1, -0.05) is 0 Å². The topological polar surface area (TPSA) is 0 Å². The van der Waals surface area contributed by atoms with Crippen LogP contribution in [0.2, 0.25) is 0 Å². The molecule has 0 aliphatic rings. The van der Waals surface area contributed by atoms with Crippen molar-refractivity contribution in [1.29, 1.82) is 0 Å². The maximum Gasteiger partial charge on any atom is 4.00 e. The van der Waals surface area contributed by atoms with Gasteiger partial charge in [-0.3, -0.25) is 0 Å². The SMILES string of the molecule is [Cl-].[Cl-].[Mo+4].c1cc[cH-]c1.c1cc[cH-]c1. The Labute approximate surface area is 106 Å². The van der Waals surface area contributed by atoms with Gasteiger partial charge in [-0.25, -0.2) is 24.3 Å². The Balaban J connectivity index is -0.000000125. The molecule has 0 nitrogen and oxygen atoms in total. The molecule has 70 valence electrons. The molecule has 0 saturated heterocycles. The van der Waals surface area contributed by atoms with Crippen molar-refractivity contribution >= 4 is 0 Å².